The van der Waals surface area contributed by atoms with Crippen LogP contribution < -0.4 is 15.0 Å². The molecule has 2 rings (SSSR count). The second-order valence-corrected chi connectivity index (χ2v) is 6.73. The lowest BCUT2D eigenvalue weighted by Gasteiger charge is -2.22. The number of hydrogen-bond acceptors (Lipinski definition) is 3. The van der Waals surface area contributed by atoms with Gasteiger partial charge >= 0.3 is 6.36 Å². The van der Waals surface area contributed by atoms with Crippen molar-refractivity contribution < 1.29 is 32.4 Å². The Morgan fingerprint density at radius 2 is 1.67 bits per heavy atom. The number of quaternary nitrogens is 1. The molecule has 0 aromatic heterocycles. The minimum absolute atomic E-state index is 0.0378. The maximum absolute atomic E-state index is 12.3. The smallest absolute Gasteiger partial charge is 0.406 e. The summed E-state index contributed by atoms with van der Waals surface area (Å²) in [4.78, 5) is 27.0. The molecule has 0 radical (unpaired) electrons. The number of nitrogens with zero attached hydrogens (tertiary/aromatic N) is 1. The van der Waals surface area contributed by atoms with Gasteiger partial charge in [0.15, 0.2) is 13.1 Å². The third-order valence-electron chi connectivity index (χ3n) is 4.25. The number of nitrogens with one attached hydrogen (secondary N) is 2. The lowest BCUT2D eigenvalue weighted by Crippen LogP contribution is -3.11. The summed E-state index contributed by atoms with van der Waals surface area (Å²) in [6.07, 6.45) is -0.446. The molecular formula is C18H25F3N3O3+. The fourth-order valence-electron chi connectivity index (χ4n) is 2.97. The minimum Gasteiger partial charge on any atom is -0.406 e. The van der Waals surface area contributed by atoms with Crippen LogP contribution in [0.15, 0.2) is 24.3 Å². The number of hydrogen-bond donors (Lipinski definition) is 2. The molecule has 1 aromatic carbocycles. The predicted octanol–water partition coefficient (Wildman–Crippen LogP) is 1.44. The van der Waals surface area contributed by atoms with Crippen molar-refractivity contribution in [2.75, 3.05) is 38.5 Å². The lowest BCUT2D eigenvalue weighted by atomic mass is 10.2. The van der Waals surface area contributed by atoms with Gasteiger partial charge in [0.25, 0.3) is 11.8 Å². The van der Waals surface area contributed by atoms with Gasteiger partial charge in [0.2, 0.25) is 0 Å². The zero-order chi connectivity index (χ0) is 19.9. The molecule has 1 unspecified atom stereocenters. The number of ether oxygens (including phenoxy) is 1. The van der Waals surface area contributed by atoms with E-state index in [4.69, 9.17) is 0 Å². The van der Waals surface area contributed by atoms with Crippen molar-refractivity contribution in [3.05, 3.63) is 24.3 Å². The molecule has 1 aliphatic heterocycles. The Kier molecular flexibility index (Phi) is 7.46. The number of carbonyl (C=O) groups excluding carboxylic acids is 2. The topological polar surface area (TPSA) is 63.1 Å². The zero-order valence-electron chi connectivity index (χ0n) is 15.3. The van der Waals surface area contributed by atoms with Gasteiger partial charge in [-0.1, -0.05) is 12.8 Å². The van der Waals surface area contributed by atoms with Gasteiger partial charge in [-0.2, -0.15) is 0 Å². The van der Waals surface area contributed by atoms with Crippen LogP contribution in [0.3, 0.4) is 0 Å². The highest BCUT2D eigenvalue weighted by Crippen LogP contribution is 2.23. The highest BCUT2D eigenvalue weighted by molar-refractivity contribution is 5.91. The number of alkyl halides is 3. The summed E-state index contributed by atoms with van der Waals surface area (Å²) >= 11 is 0. The van der Waals surface area contributed by atoms with Gasteiger partial charge in [0.05, 0.1) is 7.05 Å². The van der Waals surface area contributed by atoms with Crippen molar-refractivity contribution >= 4 is 17.5 Å². The maximum Gasteiger partial charge on any atom is 0.573 e. The molecule has 27 heavy (non-hydrogen) atoms. The average Bonchev–Trinajstić information content (AvgIpc) is 2.84. The molecule has 0 bridgehead atoms. The molecular weight excluding hydrogens is 363 g/mol. The van der Waals surface area contributed by atoms with Gasteiger partial charge < -0.3 is 19.9 Å². The summed E-state index contributed by atoms with van der Waals surface area (Å²) in [6, 6.07) is 4.92. The molecule has 1 saturated heterocycles. The Morgan fingerprint density at radius 3 is 2.22 bits per heavy atom. The second-order valence-electron chi connectivity index (χ2n) is 6.73. The van der Waals surface area contributed by atoms with E-state index in [-0.39, 0.29) is 30.7 Å². The fraction of sp³-hybridized carbons (Fsp3) is 0.556. The Bertz CT molecular complexity index is 627. The minimum atomic E-state index is -4.75. The van der Waals surface area contributed by atoms with E-state index in [0.717, 1.165) is 55.8 Å². The summed E-state index contributed by atoms with van der Waals surface area (Å²) in [5, 5.41) is 2.60. The maximum atomic E-state index is 12.3. The first kappa shape index (κ1) is 21.0. The van der Waals surface area contributed by atoms with Gasteiger partial charge in [0.1, 0.15) is 5.75 Å². The molecule has 2 N–H and O–H groups in total. The van der Waals surface area contributed by atoms with Crippen LogP contribution in [0.4, 0.5) is 18.9 Å². The Hall–Kier alpha value is -2.29. The predicted molar refractivity (Wildman–Crippen MR) is 93.4 cm³/mol. The summed E-state index contributed by atoms with van der Waals surface area (Å²) in [5.74, 6) is -0.636. The van der Waals surface area contributed by atoms with Crippen LogP contribution in [0.2, 0.25) is 0 Å². The van der Waals surface area contributed by atoms with Gasteiger partial charge in [-0.25, -0.2) is 0 Å². The third kappa shape index (κ3) is 7.86. The Balaban J connectivity index is 1.78. The molecule has 0 spiro atoms. The van der Waals surface area contributed by atoms with E-state index in [9.17, 15) is 22.8 Å². The van der Waals surface area contributed by atoms with E-state index in [0.29, 0.717) is 5.69 Å². The van der Waals surface area contributed by atoms with E-state index < -0.39 is 6.36 Å². The van der Waals surface area contributed by atoms with Crippen LogP contribution in [-0.2, 0) is 9.59 Å². The molecule has 6 nitrogen and oxygen atoms in total. The largest absolute Gasteiger partial charge is 0.573 e. The quantitative estimate of drug-likeness (QED) is 0.775. The molecule has 9 heteroatoms. The highest BCUT2D eigenvalue weighted by atomic mass is 19.4. The van der Waals surface area contributed by atoms with Crippen molar-refractivity contribution in [2.24, 2.45) is 0 Å². The van der Waals surface area contributed by atoms with Gasteiger partial charge in [0, 0.05) is 18.8 Å². The molecule has 0 saturated carbocycles. The van der Waals surface area contributed by atoms with Gasteiger partial charge in [-0.15, -0.1) is 13.2 Å². The van der Waals surface area contributed by atoms with Crippen LogP contribution in [-0.4, -0.2) is 56.3 Å². The van der Waals surface area contributed by atoms with Crippen LogP contribution in [0, 0.1) is 0 Å². The zero-order valence-corrected chi connectivity index (χ0v) is 15.3. The molecule has 150 valence electrons. The highest BCUT2D eigenvalue weighted by Gasteiger charge is 2.31. The molecule has 0 aliphatic carbocycles. The van der Waals surface area contributed by atoms with Crippen LogP contribution in [0.5, 0.6) is 5.75 Å². The Morgan fingerprint density at radius 1 is 1.07 bits per heavy atom. The Labute approximate surface area is 156 Å². The van der Waals surface area contributed by atoms with Crippen molar-refractivity contribution in [1.29, 1.82) is 0 Å². The van der Waals surface area contributed by atoms with Crippen LogP contribution in [0.1, 0.15) is 25.7 Å². The van der Waals surface area contributed by atoms with Crippen LogP contribution in [0.25, 0.3) is 0 Å². The lowest BCUT2D eigenvalue weighted by molar-refractivity contribution is -0.862. The van der Waals surface area contributed by atoms with E-state index in [1.165, 1.54) is 12.1 Å². The van der Waals surface area contributed by atoms with E-state index in [1.807, 2.05) is 4.90 Å². The number of carbonyl (C=O) groups is 2. The SMILES string of the molecule is C[NH+](CC(=O)Nc1ccc(OC(F)(F)F)cc1)CC(=O)N1CCCCCC1. The first-order valence-corrected chi connectivity index (χ1v) is 8.98. The molecule has 1 heterocycles. The standard InChI is InChI=1S/C18H24F3N3O3/c1-23(13-17(26)24-10-4-2-3-5-11-24)12-16(25)22-14-6-8-15(9-7-14)27-18(19,20)21/h6-9H,2-5,10-13H2,1H3,(H,22,25)/p+1. The number of rotatable bonds is 6. The fourth-order valence-corrected chi connectivity index (χ4v) is 2.97. The van der Waals surface area contributed by atoms with E-state index in [2.05, 4.69) is 10.1 Å². The first-order chi connectivity index (χ1) is 12.7. The molecule has 1 aliphatic rings. The monoisotopic (exact) mass is 388 g/mol. The van der Waals surface area contributed by atoms with Crippen molar-refractivity contribution in [3.8, 4) is 5.75 Å². The summed E-state index contributed by atoms with van der Waals surface area (Å²) in [5.41, 5.74) is 0.362. The molecule has 2 amide bonds. The summed E-state index contributed by atoms with van der Waals surface area (Å²) in [6.45, 7) is 1.85. The number of halogens is 3. The number of benzene rings is 1. The third-order valence-corrected chi connectivity index (χ3v) is 4.25. The van der Waals surface area contributed by atoms with Crippen LogP contribution >= 0.6 is 0 Å². The van der Waals surface area contributed by atoms with Gasteiger partial charge in [-0.3, -0.25) is 9.59 Å². The number of likely N-dealkylation sites (N-methyl/N-ethyl adjacent to an activating group) is 1. The number of amides is 2. The van der Waals surface area contributed by atoms with Gasteiger partial charge in [-0.05, 0) is 37.1 Å². The first-order valence-electron chi connectivity index (χ1n) is 8.98. The molecule has 1 fully saturated rings. The summed E-state index contributed by atoms with van der Waals surface area (Å²) < 4.78 is 40.2. The number of likely N-dealkylation sites (tertiary alicyclic amines) is 1. The van der Waals surface area contributed by atoms with E-state index in [1.54, 1.807) is 7.05 Å². The van der Waals surface area contributed by atoms with Crippen molar-refractivity contribution in [1.82, 2.24) is 4.90 Å². The molecule has 1 aromatic rings. The number of anilines is 1. The second kappa shape index (κ2) is 9.59. The van der Waals surface area contributed by atoms with Crippen molar-refractivity contribution in [2.45, 2.75) is 32.0 Å². The average molecular weight is 388 g/mol. The summed E-state index contributed by atoms with van der Waals surface area (Å²) in [7, 11) is 1.76. The van der Waals surface area contributed by atoms with E-state index >= 15 is 0 Å². The normalized spacial score (nSPS) is 16.4. The molecule has 1 atom stereocenters. The van der Waals surface area contributed by atoms with Crippen molar-refractivity contribution in [3.63, 3.8) is 0 Å².